The number of H-pyrrole nitrogens is 1. The molecule has 13 heavy (non-hydrogen) atoms. The van der Waals surface area contributed by atoms with Gasteiger partial charge in [-0.3, -0.25) is 5.10 Å². The molecule has 0 aliphatic rings. The van der Waals surface area contributed by atoms with Gasteiger partial charge in [0.25, 0.3) is 0 Å². The van der Waals surface area contributed by atoms with Crippen molar-refractivity contribution in [1.29, 1.82) is 0 Å². The fourth-order valence-electron chi connectivity index (χ4n) is 1.10. The summed E-state index contributed by atoms with van der Waals surface area (Å²) in [6, 6.07) is 6.11. The van der Waals surface area contributed by atoms with E-state index in [4.69, 9.17) is 12.2 Å². The SMILES string of the molecule is Cc1ccc(-c2cn[nH]c(=S)c2)s1. The van der Waals surface area contributed by atoms with Crippen LogP contribution in [0.15, 0.2) is 24.4 Å². The maximum absolute atomic E-state index is 4.99. The van der Waals surface area contributed by atoms with Crippen LogP contribution in [0.1, 0.15) is 4.88 Å². The zero-order chi connectivity index (χ0) is 9.26. The maximum atomic E-state index is 4.99. The Labute approximate surface area is 85.3 Å². The van der Waals surface area contributed by atoms with Crippen molar-refractivity contribution in [2.24, 2.45) is 0 Å². The number of hydrogen-bond acceptors (Lipinski definition) is 3. The second-order valence-corrected chi connectivity index (χ2v) is 4.47. The topological polar surface area (TPSA) is 28.7 Å². The average molecular weight is 208 g/mol. The van der Waals surface area contributed by atoms with Crippen molar-refractivity contribution < 1.29 is 0 Å². The highest BCUT2D eigenvalue weighted by atomic mass is 32.1. The molecular formula is C9H8N2S2. The first-order valence-corrected chi connectivity index (χ1v) is 5.10. The number of aromatic nitrogens is 2. The van der Waals surface area contributed by atoms with Gasteiger partial charge in [0.05, 0.1) is 6.20 Å². The maximum Gasteiger partial charge on any atom is 0.120 e. The Morgan fingerprint density at radius 2 is 2.31 bits per heavy atom. The monoisotopic (exact) mass is 208 g/mol. The van der Waals surface area contributed by atoms with Crippen molar-refractivity contribution in [1.82, 2.24) is 10.2 Å². The normalized spacial score (nSPS) is 10.2. The quantitative estimate of drug-likeness (QED) is 0.729. The molecule has 0 fully saturated rings. The van der Waals surface area contributed by atoms with Gasteiger partial charge in [-0.25, -0.2) is 0 Å². The minimum Gasteiger partial charge on any atom is -0.268 e. The van der Waals surface area contributed by atoms with E-state index in [1.807, 2.05) is 6.07 Å². The van der Waals surface area contributed by atoms with E-state index in [9.17, 15) is 0 Å². The molecule has 0 radical (unpaired) electrons. The first kappa shape index (κ1) is 8.59. The fourth-order valence-corrected chi connectivity index (χ4v) is 2.13. The molecule has 0 spiro atoms. The van der Waals surface area contributed by atoms with Crippen LogP contribution in [0.25, 0.3) is 10.4 Å². The lowest BCUT2D eigenvalue weighted by Gasteiger charge is -1.93. The van der Waals surface area contributed by atoms with E-state index in [0.29, 0.717) is 4.64 Å². The summed E-state index contributed by atoms with van der Waals surface area (Å²) in [5, 5.41) is 6.67. The molecule has 2 nitrogen and oxygen atoms in total. The molecule has 2 aromatic heterocycles. The van der Waals surface area contributed by atoms with Crippen molar-refractivity contribution >= 4 is 23.6 Å². The molecular weight excluding hydrogens is 200 g/mol. The minimum atomic E-state index is 0.670. The van der Waals surface area contributed by atoms with Gasteiger partial charge in [-0.2, -0.15) is 5.10 Å². The average Bonchev–Trinajstić information content (AvgIpc) is 2.52. The Morgan fingerprint density at radius 3 is 2.92 bits per heavy atom. The molecule has 0 aliphatic heterocycles. The predicted molar refractivity (Wildman–Crippen MR) is 57.5 cm³/mol. The van der Waals surface area contributed by atoms with Gasteiger partial charge in [-0.15, -0.1) is 11.3 Å². The second kappa shape index (κ2) is 3.40. The number of aryl methyl sites for hydroxylation is 1. The molecule has 0 unspecified atom stereocenters. The third-order valence-electron chi connectivity index (χ3n) is 1.69. The molecule has 4 heteroatoms. The van der Waals surface area contributed by atoms with Crippen LogP contribution in [0.3, 0.4) is 0 Å². The van der Waals surface area contributed by atoms with Crippen LogP contribution in [-0.4, -0.2) is 10.2 Å². The van der Waals surface area contributed by atoms with Gasteiger partial charge in [-0.1, -0.05) is 12.2 Å². The number of thiophene rings is 1. The summed E-state index contributed by atoms with van der Waals surface area (Å²) in [4.78, 5) is 2.51. The molecule has 2 rings (SSSR count). The highest BCUT2D eigenvalue weighted by Gasteiger charge is 1.99. The van der Waals surface area contributed by atoms with Crippen LogP contribution in [-0.2, 0) is 0 Å². The minimum absolute atomic E-state index is 0.670. The van der Waals surface area contributed by atoms with Gasteiger partial charge in [-0.05, 0) is 25.1 Å². The van der Waals surface area contributed by atoms with Gasteiger partial charge < -0.3 is 0 Å². The summed E-state index contributed by atoms with van der Waals surface area (Å²) >= 11 is 6.74. The lowest BCUT2D eigenvalue weighted by atomic mass is 10.2. The first-order chi connectivity index (χ1) is 6.25. The highest BCUT2D eigenvalue weighted by molar-refractivity contribution is 7.71. The smallest absolute Gasteiger partial charge is 0.120 e. The van der Waals surface area contributed by atoms with Crippen LogP contribution in [0.2, 0.25) is 0 Å². The molecule has 0 amide bonds. The molecule has 0 atom stereocenters. The number of nitrogens with zero attached hydrogens (tertiary/aromatic N) is 1. The Kier molecular flexibility index (Phi) is 2.24. The zero-order valence-corrected chi connectivity index (χ0v) is 8.71. The van der Waals surface area contributed by atoms with Crippen LogP contribution in [0, 0.1) is 11.6 Å². The van der Waals surface area contributed by atoms with E-state index in [0.717, 1.165) is 5.56 Å². The van der Waals surface area contributed by atoms with Crippen molar-refractivity contribution in [3.05, 3.63) is 33.9 Å². The lowest BCUT2D eigenvalue weighted by molar-refractivity contribution is 1.02. The molecule has 0 saturated carbocycles. The molecule has 0 aromatic carbocycles. The van der Waals surface area contributed by atoms with E-state index >= 15 is 0 Å². The van der Waals surface area contributed by atoms with Gasteiger partial charge >= 0.3 is 0 Å². The molecule has 2 aromatic rings. The van der Waals surface area contributed by atoms with Crippen molar-refractivity contribution in [3.63, 3.8) is 0 Å². The number of hydrogen-bond donors (Lipinski definition) is 1. The van der Waals surface area contributed by atoms with Crippen LogP contribution < -0.4 is 0 Å². The van der Waals surface area contributed by atoms with Crippen molar-refractivity contribution in [2.45, 2.75) is 6.92 Å². The van der Waals surface area contributed by atoms with E-state index < -0.39 is 0 Å². The Morgan fingerprint density at radius 1 is 1.46 bits per heavy atom. The van der Waals surface area contributed by atoms with Gasteiger partial charge in [0.15, 0.2) is 0 Å². The van der Waals surface area contributed by atoms with Gasteiger partial charge in [0, 0.05) is 15.3 Å². The molecule has 2 heterocycles. The first-order valence-electron chi connectivity index (χ1n) is 3.87. The Balaban J connectivity index is 2.52. The summed E-state index contributed by atoms with van der Waals surface area (Å²) in [5.41, 5.74) is 1.09. The number of aromatic amines is 1. The summed E-state index contributed by atoms with van der Waals surface area (Å²) in [6.07, 6.45) is 1.79. The summed E-state index contributed by atoms with van der Waals surface area (Å²) in [7, 11) is 0. The fraction of sp³-hybridized carbons (Fsp3) is 0.111. The van der Waals surface area contributed by atoms with Gasteiger partial charge in [0.1, 0.15) is 4.64 Å². The summed E-state index contributed by atoms with van der Waals surface area (Å²) in [6.45, 7) is 2.09. The van der Waals surface area contributed by atoms with Gasteiger partial charge in [0.2, 0.25) is 0 Å². The third kappa shape index (κ3) is 1.84. The van der Waals surface area contributed by atoms with E-state index in [2.05, 4.69) is 29.3 Å². The predicted octanol–water partition coefficient (Wildman–Crippen LogP) is 3.18. The van der Waals surface area contributed by atoms with Crippen LogP contribution in [0.4, 0.5) is 0 Å². The third-order valence-corrected chi connectivity index (χ3v) is 2.95. The Hall–Kier alpha value is -1.00. The van der Waals surface area contributed by atoms with Crippen molar-refractivity contribution in [3.8, 4) is 10.4 Å². The molecule has 1 N–H and O–H groups in total. The van der Waals surface area contributed by atoms with Crippen LogP contribution >= 0.6 is 23.6 Å². The lowest BCUT2D eigenvalue weighted by Crippen LogP contribution is -1.81. The van der Waals surface area contributed by atoms with Crippen molar-refractivity contribution in [2.75, 3.05) is 0 Å². The molecule has 0 bridgehead atoms. The van der Waals surface area contributed by atoms with E-state index in [-0.39, 0.29) is 0 Å². The summed E-state index contributed by atoms with van der Waals surface area (Å²) < 4.78 is 0.670. The molecule has 0 saturated heterocycles. The van der Waals surface area contributed by atoms with Crippen LogP contribution in [0.5, 0.6) is 0 Å². The highest BCUT2D eigenvalue weighted by Crippen LogP contribution is 2.26. The second-order valence-electron chi connectivity index (χ2n) is 2.74. The number of rotatable bonds is 1. The zero-order valence-electron chi connectivity index (χ0n) is 7.07. The molecule has 0 aliphatic carbocycles. The standard InChI is InChI=1S/C9H8N2S2/c1-6-2-3-8(13-6)7-4-9(12)11-10-5-7/h2-5H,1H3,(H,11,12). The summed E-state index contributed by atoms with van der Waals surface area (Å²) in [5.74, 6) is 0. The Bertz CT molecular complexity index is 470. The van der Waals surface area contributed by atoms with E-state index in [1.165, 1.54) is 9.75 Å². The largest absolute Gasteiger partial charge is 0.268 e. The number of nitrogens with one attached hydrogen (secondary N) is 1. The molecule has 66 valence electrons. The van der Waals surface area contributed by atoms with E-state index in [1.54, 1.807) is 17.5 Å².